The molecule has 0 saturated carbocycles. The van der Waals surface area contributed by atoms with Crippen molar-refractivity contribution < 1.29 is 19.1 Å². The minimum atomic E-state index is -0.368. The summed E-state index contributed by atoms with van der Waals surface area (Å²) < 4.78 is 8.95. The van der Waals surface area contributed by atoms with Crippen LogP contribution in [0.4, 0.5) is 0 Å². The van der Waals surface area contributed by atoms with E-state index in [2.05, 4.69) is 22.7 Å². The van der Waals surface area contributed by atoms with Gasteiger partial charge in [-0.1, -0.05) is 6.92 Å². The lowest BCUT2D eigenvalue weighted by atomic mass is 10.7. The van der Waals surface area contributed by atoms with E-state index in [-0.39, 0.29) is 25.2 Å². The first-order chi connectivity index (χ1) is 6.54. The van der Waals surface area contributed by atoms with Crippen molar-refractivity contribution >= 4 is 23.7 Å². The van der Waals surface area contributed by atoms with E-state index in [9.17, 15) is 9.59 Å². The molecule has 84 valence electrons. The summed E-state index contributed by atoms with van der Waals surface area (Å²) in [5.41, 5.74) is 0. The quantitative estimate of drug-likeness (QED) is 0.532. The van der Waals surface area contributed by atoms with E-state index in [0.29, 0.717) is 0 Å². The molecule has 0 unspecified atom stereocenters. The molecule has 0 aliphatic heterocycles. The van der Waals surface area contributed by atoms with Crippen molar-refractivity contribution in [2.24, 2.45) is 0 Å². The average molecular weight is 222 g/mol. The summed E-state index contributed by atoms with van der Waals surface area (Å²) in [6.07, 6.45) is 2.10. The fourth-order valence-corrected chi connectivity index (χ4v) is 0.371. The lowest BCUT2D eigenvalue weighted by Gasteiger charge is -2.00. The molecule has 0 aliphatic rings. The van der Waals surface area contributed by atoms with Gasteiger partial charge in [-0.05, 0) is 12.0 Å². The van der Waals surface area contributed by atoms with E-state index in [1.54, 1.807) is 0 Å². The van der Waals surface area contributed by atoms with Gasteiger partial charge >= 0.3 is 11.9 Å². The largest absolute Gasteiger partial charge is 0.462 e. The third-order valence-corrected chi connectivity index (χ3v) is 1.56. The van der Waals surface area contributed by atoms with Gasteiger partial charge in [-0.25, -0.2) is 0 Å². The van der Waals surface area contributed by atoms with Crippen molar-refractivity contribution in [3.05, 3.63) is 0 Å². The van der Waals surface area contributed by atoms with Crippen molar-refractivity contribution in [3.8, 4) is 0 Å². The molecule has 0 aromatic carbocycles. The number of hydrogen-bond acceptors (Lipinski definition) is 5. The van der Waals surface area contributed by atoms with E-state index >= 15 is 0 Å². The van der Waals surface area contributed by atoms with Gasteiger partial charge in [0, 0.05) is 13.8 Å². The number of carbonyl (C=O) groups excluding carboxylic acids is 2. The second kappa shape index (κ2) is 12.3. The third-order valence-electron chi connectivity index (χ3n) is 0.983. The highest BCUT2D eigenvalue weighted by Crippen LogP contribution is 1.83. The number of ether oxygens (including phenoxy) is 2. The monoisotopic (exact) mass is 222 g/mol. The van der Waals surface area contributed by atoms with Gasteiger partial charge in [0.15, 0.2) is 0 Å². The van der Waals surface area contributed by atoms with E-state index in [1.807, 2.05) is 11.8 Å². The number of esters is 2. The zero-order valence-electron chi connectivity index (χ0n) is 9.16. The van der Waals surface area contributed by atoms with Crippen LogP contribution in [0.2, 0.25) is 0 Å². The van der Waals surface area contributed by atoms with E-state index in [0.717, 1.165) is 0 Å². The summed E-state index contributed by atoms with van der Waals surface area (Å²) in [5.74, 6) is 0.499. The molecule has 0 bridgehead atoms. The Morgan fingerprint density at radius 1 is 1.07 bits per heavy atom. The molecule has 0 heterocycles. The summed E-state index contributed by atoms with van der Waals surface area (Å²) in [7, 11) is 0. The Labute approximate surface area is 89.3 Å². The zero-order chi connectivity index (χ0) is 11.4. The van der Waals surface area contributed by atoms with Gasteiger partial charge in [0.1, 0.15) is 13.2 Å². The molecule has 0 N–H and O–H groups in total. The van der Waals surface area contributed by atoms with Crippen molar-refractivity contribution in [1.29, 1.82) is 0 Å². The molecule has 0 spiro atoms. The van der Waals surface area contributed by atoms with Crippen molar-refractivity contribution in [2.75, 3.05) is 25.2 Å². The van der Waals surface area contributed by atoms with Gasteiger partial charge in [-0.3, -0.25) is 9.59 Å². The van der Waals surface area contributed by atoms with Crippen LogP contribution in [0.1, 0.15) is 20.8 Å². The van der Waals surface area contributed by atoms with Gasteiger partial charge in [-0.2, -0.15) is 11.8 Å². The molecule has 0 rings (SSSR count). The summed E-state index contributed by atoms with van der Waals surface area (Å²) in [6.45, 7) is 5.01. The average Bonchev–Trinajstić information content (AvgIpc) is 2.12. The van der Waals surface area contributed by atoms with Crippen LogP contribution in [0.15, 0.2) is 0 Å². The second-order valence-electron chi connectivity index (χ2n) is 2.26. The number of thioether (sulfide) groups is 1. The standard InChI is InChI=1S/C6H10O4.C3H8S/c1-5(7)9-3-4-10-6(2)8;1-3-4-2/h3-4H2,1-2H3;3H2,1-2H3. The number of rotatable bonds is 4. The summed E-state index contributed by atoms with van der Waals surface area (Å²) in [4.78, 5) is 20.3. The highest BCUT2D eigenvalue weighted by Gasteiger charge is 1.94. The van der Waals surface area contributed by atoms with Crippen LogP contribution in [-0.4, -0.2) is 37.2 Å². The molecule has 0 saturated heterocycles. The maximum Gasteiger partial charge on any atom is 0.302 e. The fourth-order valence-electron chi connectivity index (χ4n) is 0.371. The Bertz CT molecular complexity index is 141. The van der Waals surface area contributed by atoms with Crippen molar-refractivity contribution in [3.63, 3.8) is 0 Å². The predicted octanol–water partition coefficient (Wildman–Crippen LogP) is 1.48. The molecule has 0 aromatic heterocycles. The molecular weight excluding hydrogens is 204 g/mol. The number of hydrogen-bond donors (Lipinski definition) is 0. The molecule has 14 heavy (non-hydrogen) atoms. The minimum absolute atomic E-state index is 0.134. The summed E-state index contributed by atoms with van der Waals surface area (Å²) >= 11 is 1.86. The Morgan fingerprint density at radius 3 is 1.50 bits per heavy atom. The molecule has 5 heteroatoms. The van der Waals surface area contributed by atoms with E-state index in [4.69, 9.17) is 0 Å². The topological polar surface area (TPSA) is 52.6 Å². The molecule has 4 nitrogen and oxygen atoms in total. The van der Waals surface area contributed by atoms with Crippen LogP contribution in [0.5, 0.6) is 0 Å². The first kappa shape index (κ1) is 15.7. The van der Waals surface area contributed by atoms with Crippen LogP contribution in [0.3, 0.4) is 0 Å². The second-order valence-corrected chi connectivity index (χ2v) is 3.41. The smallest absolute Gasteiger partial charge is 0.302 e. The highest BCUT2D eigenvalue weighted by molar-refractivity contribution is 7.98. The van der Waals surface area contributed by atoms with Crippen molar-refractivity contribution in [2.45, 2.75) is 20.8 Å². The van der Waals surface area contributed by atoms with Crippen LogP contribution in [-0.2, 0) is 19.1 Å². The maximum atomic E-state index is 10.1. The number of carbonyl (C=O) groups is 2. The minimum Gasteiger partial charge on any atom is -0.462 e. The summed E-state index contributed by atoms with van der Waals surface area (Å²) in [5, 5.41) is 0. The molecular formula is C9H18O4S. The first-order valence-electron chi connectivity index (χ1n) is 4.30. The molecule has 0 amide bonds. The Kier molecular flexibility index (Phi) is 13.8. The molecule has 0 radical (unpaired) electrons. The lowest BCUT2D eigenvalue weighted by Crippen LogP contribution is -2.09. The molecule has 0 aliphatic carbocycles. The van der Waals surface area contributed by atoms with Gasteiger partial charge in [0.2, 0.25) is 0 Å². The van der Waals surface area contributed by atoms with Gasteiger partial charge < -0.3 is 9.47 Å². The van der Waals surface area contributed by atoms with Gasteiger partial charge in [-0.15, -0.1) is 0 Å². The third kappa shape index (κ3) is 22.5. The van der Waals surface area contributed by atoms with Crippen LogP contribution >= 0.6 is 11.8 Å². The molecule has 0 aromatic rings. The predicted molar refractivity (Wildman–Crippen MR) is 57.3 cm³/mol. The van der Waals surface area contributed by atoms with Crippen LogP contribution < -0.4 is 0 Å². The fraction of sp³-hybridized carbons (Fsp3) is 0.778. The van der Waals surface area contributed by atoms with E-state index < -0.39 is 0 Å². The van der Waals surface area contributed by atoms with Crippen LogP contribution in [0.25, 0.3) is 0 Å². The zero-order valence-corrected chi connectivity index (χ0v) is 9.98. The normalized spacial score (nSPS) is 8.29. The molecule has 0 fully saturated rings. The lowest BCUT2D eigenvalue weighted by molar-refractivity contribution is -0.149. The Balaban J connectivity index is 0. The van der Waals surface area contributed by atoms with E-state index in [1.165, 1.54) is 19.6 Å². The summed E-state index contributed by atoms with van der Waals surface area (Å²) in [6, 6.07) is 0. The maximum absolute atomic E-state index is 10.1. The van der Waals surface area contributed by atoms with Crippen LogP contribution in [0, 0.1) is 0 Å². The highest BCUT2D eigenvalue weighted by atomic mass is 32.2. The van der Waals surface area contributed by atoms with Crippen molar-refractivity contribution in [1.82, 2.24) is 0 Å². The van der Waals surface area contributed by atoms with Gasteiger partial charge in [0.05, 0.1) is 0 Å². The van der Waals surface area contributed by atoms with Gasteiger partial charge in [0.25, 0.3) is 0 Å². The Hall–Kier alpha value is -0.710. The SMILES string of the molecule is CC(=O)OCCOC(C)=O.CCSC. The Morgan fingerprint density at radius 2 is 1.36 bits per heavy atom. The first-order valence-corrected chi connectivity index (χ1v) is 5.69. The molecule has 0 atom stereocenters.